The summed E-state index contributed by atoms with van der Waals surface area (Å²) in [4.78, 5) is 12.7. The van der Waals surface area contributed by atoms with Crippen LogP contribution < -0.4 is 0 Å². The quantitative estimate of drug-likeness (QED) is 0.828. The maximum Gasteiger partial charge on any atom is 0.341 e. The maximum absolute atomic E-state index is 12.7. The smallest absolute Gasteiger partial charge is 0.341 e. The molecular formula is C19H24O6. The Labute approximate surface area is 147 Å². The van der Waals surface area contributed by atoms with Gasteiger partial charge in [0.2, 0.25) is 5.79 Å². The number of hydrogen-bond donors (Lipinski definition) is 1. The van der Waals surface area contributed by atoms with Crippen LogP contribution in [0.1, 0.15) is 50.2 Å². The molecule has 3 aliphatic heterocycles. The fourth-order valence-corrected chi connectivity index (χ4v) is 3.97. The summed E-state index contributed by atoms with van der Waals surface area (Å²) in [5.74, 6) is -2.94. The average Bonchev–Trinajstić information content (AvgIpc) is 2.67. The highest BCUT2D eigenvalue weighted by Gasteiger charge is 2.65. The summed E-state index contributed by atoms with van der Waals surface area (Å²) in [6.07, 6.45) is 2.52. The van der Waals surface area contributed by atoms with E-state index in [0.29, 0.717) is 31.6 Å². The normalized spacial score (nSPS) is 37.0. The Morgan fingerprint density at radius 1 is 0.960 bits per heavy atom. The van der Waals surface area contributed by atoms with Crippen molar-refractivity contribution in [3.8, 4) is 0 Å². The lowest BCUT2D eigenvalue weighted by Gasteiger charge is -2.55. The molecule has 3 fully saturated rings. The van der Waals surface area contributed by atoms with Crippen LogP contribution >= 0.6 is 0 Å². The Kier molecular flexibility index (Phi) is 4.54. The van der Waals surface area contributed by atoms with Gasteiger partial charge in [-0.15, -0.1) is 0 Å². The van der Waals surface area contributed by atoms with E-state index in [-0.39, 0.29) is 0 Å². The zero-order valence-electron chi connectivity index (χ0n) is 14.2. The molecule has 0 aromatic heterocycles. The van der Waals surface area contributed by atoms with Gasteiger partial charge in [-0.25, -0.2) is 4.79 Å². The number of ether oxygens (including phenoxy) is 4. The van der Waals surface area contributed by atoms with Crippen molar-refractivity contribution in [3.63, 3.8) is 0 Å². The third-order valence-electron chi connectivity index (χ3n) is 5.29. The first-order valence-electron chi connectivity index (χ1n) is 9.07. The number of fused-ring (bicyclic) bond motifs is 1. The molecule has 3 heterocycles. The molecule has 6 heteroatoms. The summed E-state index contributed by atoms with van der Waals surface area (Å²) in [7, 11) is 0. The van der Waals surface area contributed by atoms with Crippen molar-refractivity contribution in [2.45, 2.75) is 62.3 Å². The lowest BCUT2D eigenvalue weighted by Crippen LogP contribution is -2.69. The molecule has 136 valence electrons. The third-order valence-corrected chi connectivity index (χ3v) is 5.29. The van der Waals surface area contributed by atoms with Gasteiger partial charge in [0.1, 0.15) is 6.10 Å². The highest BCUT2D eigenvalue weighted by Crippen LogP contribution is 2.49. The van der Waals surface area contributed by atoms with Crippen LogP contribution in [0.2, 0.25) is 0 Å². The summed E-state index contributed by atoms with van der Waals surface area (Å²) < 4.78 is 23.9. The topological polar surface area (TPSA) is 74.2 Å². The van der Waals surface area contributed by atoms with Crippen molar-refractivity contribution in [3.05, 3.63) is 35.9 Å². The van der Waals surface area contributed by atoms with Gasteiger partial charge in [0.25, 0.3) is 5.79 Å². The Hall–Kier alpha value is -1.47. The second kappa shape index (κ2) is 6.68. The minimum atomic E-state index is -1.20. The molecule has 4 atom stereocenters. The van der Waals surface area contributed by atoms with Gasteiger partial charge in [0.05, 0.1) is 13.2 Å². The van der Waals surface area contributed by atoms with Crippen LogP contribution in [0.25, 0.3) is 0 Å². The summed E-state index contributed by atoms with van der Waals surface area (Å²) in [6.45, 7) is 1.03. The first-order chi connectivity index (χ1) is 12.2. The first kappa shape index (κ1) is 17.0. The maximum atomic E-state index is 12.7. The molecule has 25 heavy (non-hydrogen) atoms. The van der Waals surface area contributed by atoms with Crippen molar-refractivity contribution in [1.82, 2.24) is 0 Å². The number of aliphatic hydroxyl groups is 1. The van der Waals surface area contributed by atoms with Gasteiger partial charge in [-0.3, -0.25) is 0 Å². The van der Waals surface area contributed by atoms with Crippen LogP contribution in [0.3, 0.4) is 0 Å². The Morgan fingerprint density at radius 3 is 2.20 bits per heavy atom. The third kappa shape index (κ3) is 2.87. The Bertz CT molecular complexity index is 604. The predicted molar refractivity (Wildman–Crippen MR) is 87.4 cm³/mol. The van der Waals surface area contributed by atoms with E-state index in [9.17, 15) is 9.90 Å². The minimum absolute atomic E-state index is 0.508. The molecule has 3 aliphatic rings. The molecule has 0 amide bonds. The van der Waals surface area contributed by atoms with Crippen LogP contribution in [0.5, 0.6) is 0 Å². The number of aliphatic hydroxyl groups excluding tert-OH is 1. The molecule has 0 unspecified atom stereocenters. The van der Waals surface area contributed by atoms with Crippen molar-refractivity contribution in [1.29, 1.82) is 0 Å². The molecule has 4 rings (SSSR count). The Morgan fingerprint density at radius 2 is 1.60 bits per heavy atom. The van der Waals surface area contributed by atoms with Crippen molar-refractivity contribution in [2.24, 2.45) is 0 Å². The van der Waals surface area contributed by atoms with Crippen LogP contribution in [-0.2, 0) is 23.7 Å². The van der Waals surface area contributed by atoms with Crippen molar-refractivity contribution < 1.29 is 28.8 Å². The number of hydrogen-bond acceptors (Lipinski definition) is 6. The molecule has 0 saturated carbocycles. The predicted octanol–water partition coefficient (Wildman–Crippen LogP) is 2.46. The monoisotopic (exact) mass is 348 g/mol. The molecule has 1 N–H and O–H groups in total. The fourth-order valence-electron chi connectivity index (χ4n) is 3.97. The van der Waals surface area contributed by atoms with E-state index in [1.807, 2.05) is 18.2 Å². The second-order valence-electron chi connectivity index (χ2n) is 6.93. The molecule has 0 aliphatic carbocycles. The van der Waals surface area contributed by atoms with Gasteiger partial charge in [-0.1, -0.05) is 30.3 Å². The van der Waals surface area contributed by atoms with Crippen molar-refractivity contribution >= 4 is 5.97 Å². The Balaban J connectivity index is 1.65. The number of carbonyl (C=O) groups is 1. The second-order valence-corrected chi connectivity index (χ2v) is 6.93. The van der Waals surface area contributed by atoms with Crippen LogP contribution in [0.4, 0.5) is 0 Å². The molecule has 2 spiro atoms. The van der Waals surface area contributed by atoms with Gasteiger partial charge in [-0.2, -0.15) is 0 Å². The van der Waals surface area contributed by atoms with Crippen LogP contribution in [0, 0.1) is 0 Å². The number of benzene rings is 1. The highest BCUT2D eigenvalue weighted by atomic mass is 16.8. The first-order valence-corrected chi connectivity index (χ1v) is 9.07. The van der Waals surface area contributed by atoms with Crippen LogP contribution in [0.15, 0.2) is 30.3 Å². The van der Waals surface area contributed by atoms with E-state index in [2.05, 4.69) is 0 Å². The van der Waals surface area contributed by atoms with E-state index in [4.69, 9.17) is 18.9 Å². The number of esters is 1. The van der Waals surface area contributed by atoms with Crippen LogP contribution in [-0.4, -0.2) is 42.0 Å². The molecular weight excluding hydrogens is 324 g/mol. The number of rotatable bonds is 2. The minimum Gasteiger partial charge on any atom is -0.425 e. The molecule has 0 bridgehead atoms. The SMILES string of the molecule is O=C1O[C@@]2(CCCCO2)[C@]2(CCCCO2)O[C@@H]1[C@@H](O)c1ccccc1. The van der Waals surface area contributed by atoms with Gasteiger partial charge in [-0.05, 0) is 31.2 Å². The summed E-state index contributed by atoms with van der Waals surface area (Å²) >= 11 is 0. The van der Waals surface area contributed by atoms with Gasteiger partial charge in [0, 0.05) is 12.8 Å². The van der Waals surface area contributed by atoms with Gasteiger partial charge in [0.15, 0.2) is 6.10 Å². The number of carbonyl (C=O) groups excluding carboxylic acids is 1. The van der Waals surface area contributed by atoms with Gasteiger partial charge < -0.3 is 24.1 Å². The van der Waals surface area contributed by atoms with E-state index in [1.54, 1.807) is 12.1 Å². The zero-order valence-corrected chi connectivity index (χ0v) is 14.2. The van der Waals surface area contributed by atoms with E-state index >= 15 is 0 Å². The highest BCUT2D eigenvalue weighted by molar-refractivity contribution is 5.77. The van der Waals surface area contributed by atoms with Crippen molar-refractivity contribution in [2.75, 3.05) is 13.2 Å². The largest absolute Gasteiger partial charge is 0.425 e. The molecule has 0 radical (unpaired) electrons. The lowest BCUT2D eigenvalue weighted by atomic mass is 9.88. The van der Waals surface area contributed by atoms with E-state index in [0.717, 1.165) is 25.7 Å². The zero-order chi connectivity index (χ0) is 17.3. The standard InChI is InChI=1S/C19H24O6/c20-15(14-8-2-1-3-9-14)16-17(21)25-19(11-5-7-13-23-19)18(24-16)10-4-6-12-22-18/h1-3,8-9,15-16,20H,4-7,10-13H2/t15-,16+,18-,19-/m0/s1. The molecule has 1 aromatic rings. The van der Waals surface area contributed by atoms with Gasteiger partial charge >= 0.3 is 5.97 Å². The van der Waals surface area contributed by atoms with E-state index < -0.39 is 29.8 Å². The molecule has 3 saturated heterocycles. The summed E-state index contributed by atoms with van der Waals surface area (Å²) in [5.41, 5.74) is 0.607. The fraction of sp³-hybridized carbons (Fsp3) is 0.632. The lowest BCUT2D eigenvalue weighted by molar-refractivity contribution is -0.447. The summed E-state index contributed by atoms with van der Waals surface area (Å²) in [6, 6.07) is 9.00. The molecule has 1 aromatic carbocycles. The summed E-state index contributed by atoms with van der Waals surface area (Å²) in [5, 5.41) is 10.7. The van der Waals surface area contributed by atoms with E-state index in [1.165, 1.54) is 0 Å². The molecule has 6 nitrogen and oxygen atoms in total. The average molecular weight is 348 g/mol.